The standard InChI is InChI=1S/C16H22F3N5O.ClH/c1-2-25-13-7-9-24(10-8-13)15(21)23-14(20)22-12-5-3-11(4-6-12)16(17,18)19;/h3-6,13H,2,7-10H2,1H3,(H4,20,21,22,23);1H. The zero-order valence-electron chi connectivity index (χ0n) is 14.4. The van der Waals surface area contributed by atoms with Crippen LogP contribution < -0.4 is 11.5 Å². The molecule has 1 saturated heterocycles. The Labute approximate surface area is 156 Å². The second-order valence-corrected chi connectivity index (χ2v) is 5.63. The molecule has 2 rings (SSSR count). The van der Waals surface area contributed by atoms with Crippen LogP contribution in [0.25, 0.3) is 0 Å². The Morgan fingerprint density at radius 3 is 2.27 bits per heavy atom. The van der Waals surface area contributed by atoms with E-state index in [9.17, 15) is 13.2 Å². The normalized spacial score (nSPS) is 17.2. The van der Waals surface area contributed by atoms with Gasteiger partial charge in [0.2, 0.25) is 5.96 Å². The smallest absolute Gasteiger partial charge is 0.378 e. The molecule has 1 fully saturated rings. The van der Waals surface area contributed by atoms with Crippen LogP contribution in [0.3, 0.4) is 0 Å². The molecule has 0 aliphatic carbocycles. The summed E-state index contributed by atoms with van der Waals surface area (Å²) in [4.78, 5) is 9.87. The van der Waals surface area contributed by atoms with E-state index in [2.05, 4.69) is 9.98 Å². The number of hydrogen-bond donors (Lipinski definition) is 2. The van der Waals surface area contributed by atoms with E-state index in [0.717, 1.165) is 25.0 Å². The molecule has 0 radical (unpaired) electrons. The molecular formula is C16H23ClF3N5O. The Morgan fingerprint density at radius 1 is 1.19 bits per heavy atom. The van der Waals surface area contributed by atoms with Gasteiger partial charge >= 0.3 is 6.18 Å². The highest BCUT2D eigenvalue weighted by Crippen LogP contribution is 2.30. The summed E-state index contributed by atoms with van der Waals surface area (Å²) >= 11 is 0. The van der Waals surface area contributed by atoms with Crippen LogP contribution >= 0.6 is 12.4 Å². The van der Waals surface area contributed by atoms with Crippen molar-refractivity contribution in [1.82, 2.24) is 4.90 Å². The monoisotopic (exact) mass is 393 g/mol. The lowest BCUT2D eigenvalue weighted by Crippen LogP contribution is -2.45. The molecule has 0 unspecified atom stereocenters. The Morgan fingerprint density at radius 2 is 1.77 bits per heavy atom. The summed E-state index contributed by atoms with van der Waals surface area (Å²) in [6.45, 7) is 4.04. The fourth-order valence-corrected chi connectivity index (χ4v) is 2.56. The highest BCUT2D eigenvalue weighted by atomic mass is 35.5. The first kappa shape index (κ1) is 22.0. The fourth-order valence-electron chi connectivity index (χ4n) is 2.56. The maximum Gasteiger partial charge on any atom is 0.416 e. The van der Waals surface area contributed by atoms with Gasteiger partial charge in [-0.3, -0.25) is 0 Å². The lowest BCUT2D eigenvalue weighted by Gasteiger charge is -2.32. The van der Waals surface area contributed by atoms with Crippen LogP contribution in [0.4, 0.5) is 18.9 Å². The number of alkyl halides is 3. The van der Waals surface area contributed by atoms with Gasteiger partial charge in [0.25, 0.3) is 0 Å². The third-order valence-corrected chi connectivity index (χ3v) is 3.84. The van der Waals surface area contributed by atoms with Gasteiger partial charge in [-0.15, -0.1) is 12.4 Å². The minimum Gasteiger partial charge on any atom is -0.378 e. The summed E-state index contributed by atoms with van der Waals surface area (Å²) in [7, 11) is 0. The predicted octanol–water partition coefficient (Wildman–Crippen LogP) is 2.89. The Bertz CT molecular complexity index is 626. The summed E-state index contributed by atoms with van der Waals surface area (Å²) in [6.07, 6.45) is -2.46. The second-order valence-electron chi connectivity index (χ2n) is 5.63. The fraction of sp³-hybridized carbons (Fsp3) is 0.500. The van der Waals surface area contributed by atoms with Crippen molar-refractivity contribution >= 4 is 30.0 Å². The van der Waals surface area contributed by atoms with Crippen LogP contribution in [0.5, 0.6) is 0 Å². The number of piperidine rings is 1. The summed E-state index contributed by atoms with van der Waals surface area (Å²) in [5.41, 5.74) is 11.2. The molecule has 10 heteroatoms. The van der Waals surface area contributed by atoms with E-state index in [-0.39, 0.29) is 36.1 Å². The van der Waals surface area contributed by atoms with Crippen molar-refractivity contribution in [3.8, 4) is 0 Å². The molecule has 0 bridgehead atoms. The molecule has 26 heavy (non-hydrogen) atoms. The molecule has 146 valence electrons. The zero-order valence-corrected chi connectivity index (χ0v) is 15.2. The van der Waals surface area contributed by atoms with Gasteiger partial charge in [-0.25, -0.2) is 4.99 Å². The summed E-state index contributed by atoms with van der Waals surface area (Å²) < 4.78 is 43.1. The number of hydrogen-bond acceptors (Lipinski definition) is 2. The number of benzene rings is 1. The zero-order chi connectivity index (χ0) is 18.4. The first-order chi connectivity index (χ1) is 11.8. The molecule has 1 aliphatic heterocycles. The lowest BCUT2D eigenvalue weighted by molar-refractivity contribution is -0.137. The predicted molar refractivity (Wildman–Crippen MR) is 97.8 cm³/mol. The average Bonchev–Trinajstić information content (AvgIpc) is 2.55. The maximum atomic E-state index is 12.5. The molecule has 0 aromatic heterocycles. The van der Waals surface area contributed by atoms with E-state index in [1.54, 1.807) is 0 Å². The van der Waals surface area contributed by atoms with E-state index in [1.165, 1.54) is 12.1 Å². The van der Waals surface area contributed by atoms with Crippen LogP contribution in [0.2, 0.25) is 0 Å². The van der Waals surface area contributed by atoms with Gasteiger partial charge < -0.3 is 21.1 Å². The van der Waals surface area contributed by atoms with Crippen molar-refractivity contribution in [2.75, 3.05) is 19.7 Å². The van der Waals surface area contributed by atoms with Gasteiger partial charge in [-0.1, -0.05) is 0 Å². The summed E-state index contributed by atoms with van der Waals surface area (Å²) in [5, 5.41) is 0. The number of rotatable bonds is 3. The number of likely N-dealkylation sites (tertiary alicyclic amines) is 1. The largest absolute Gasteiger partial charge is 0.416 e. The Kier molecular flexibility index (Phi) is 8.16. The van der Waals surface area contributed by atoms with Crippen molar-refractivity contribution in [2.45, 2.75) is 32.0 Å². The van der Waals surface area contributed by atoms with Crippen molar-refractivity contribution in [2.24, 2.45) is 21.5 Å². The molecular weight excluding hydrogens is 371 g/mol. The molecule has 0 saturated carbocycles. The highest BCUT2D eigenvalue weighted by Gasteiger charge is 2.29. The molecule has 6 nitrogen and oxygen atoms in total. The van der Waals surface area contributed by atoms with Crippen LogP contribution in [0, 0.1) is 0 Å². The number of nitrogens with two attached hydrogens (primary N) is 2. The van der Waals surface area contributed by atoms with E-state index < -0.39 is 11.7 Å². The first-order valence-corrected chi connectivity index (χ1v) is 8.01. The third-order valence-electron chi connectivity index (χ3n) is 3.84. The number of halogens is 4. The average molecular weight is 394 g/mol. The van der Waals surface area contributed by atoms with Crippen LogP contribution in [-0.2, 0) is 10.9 Å². The minimum absolute atomic E-state index is 0. The Hall–Kier alpha value is -2.00. The molecule has 0 atom stereocenters. The minimum atomic E-state index is -4.38. The van der Waals surface area contributed by atoms with Crippen molar-refractivity contribution < 1.29 is 17.9 Å². The van der Waals surface area contributed by atoms with Crippen molar-refractivity contribution in [3.63, 3.8) is 0 Å². The first-order valence-electron chi connectivity index (χ1n) is 8.01. The summed E-state index contributed by atoms with van der Waals surface area (Å²) in [5.74, 6) is 0.132. The number of nitrogens with zero attached hydrogens (tertiary/aromatic N) is 3. The van der Waals surface area contributed by atoms with E-state index in [0.29, 0.717) is 19.7 Å². The SMILES string of the molecule is CCOC1CCN(C(N)=NC(N)=Nc2ccc(C(F)(F)F)cc2)CC1.Cl. The number of aliphatic imine (C=N–C) groups is 2. The number of ether oxygens (including phenoxy) is 1. The summed E-state index contributed by atoms with van der Waals surface area (Å²) in [6, 6.07) is 4.35. The van der Waals surface area contributed by atoms with Gasteiger partial charge in [-0.05, 0) is 44.0 Å². The quantitative estimate of drug-likeness (QED) is 0.610. The second kappa shape index (κ2) is 9.63. The van der Waals surface area contributed by atoms with Crippen LogP contribution in [0.1, 0.15) is 25.3 Å². The molecule has 0 amide bonds. The van der Waals surface area contributed by atoms with Gasteiger partial charge in [-0.2, -0.15) is 18.2 Å². The molecule has 1 heterocycles. The number of guanidine groups is 2. The van der Waals surface area contributed by atoms with Gasteiger partial charge in [0.1, 0.15) is 0 Å². The maximum absolute atomic E-state index is 12.5. The lowest BCUT2D eigenvalue weighted by atomic mass is 10.1. The van der Waals surface area contributed by atoms with Gasteiger partial charge in [0.15, 0.2) is 5.96 Å². The van der Waals surface area contributed by atoms with E-state index >= 15 is 0 Å². The van der Waals surface area contributed by atoms with Crippen molar-refractivity contribution in [1.29, 1.82) is 0 Å². The van der Waals surface area contributed by atoms with Crippen LogP contribution in [0.15, 0.2) is 34.3 Å². The molecule has 0 spiro atoms. The molecule has 1 aromatic rings. The third kappa shape index (κ3) is 6.38. The highest BCUT2D eigenvalue weighted by molar-refractivity contribution is 5.94. The topological polar surface area (TPSA) is 89.2 Å². The molecule has 4 N–H and O–H groups in total. The molecule has 1 aliphatic rings. The van der Waals surface area contributed by atoms with Crippen LogP contribution in [-0.4, -0.2) is 42.6 Å². The van der Waals surface area contributed by atoms with Crippen molar-refractivity contribution in [3.05, 3.63) is 29.8 Å². The Balaban J connectivity index is 0.00000338. The van der Waals surface area contributed by atoms with Gasteiger partial charge in [0.05, 0.1) is 17.4 Å². The molecule has 1 aromatic carbocycles. The van der Waals surface area contributed by atoms with E-state index in [1.807, 2.05) is 11.8 Å². The van der Waals surface area contributed by atoms with E-state index in [4.69, 9.17) is 16.2 Å². The van der Waals surface area contributed by atoms with Gasteiger partial charge in [0, 0.05) is 19.7 Å².